The molecule has 0 spiro atoms. The maximum absolute atomic E-state index is 12.3. The van der Waals surface area contributed by atoms with Crippen LogP contribution in [-0.4, -0.2) is 31.8 Å². The van der Waals surface area contributed by atoms with Gasteiger partial charge < -0.3 is 5.32 Å². The highest BCUT2D eigenvalue weighted by Gasteiger charge is 2.10. The maximum Gasteiger partial charge on any atom is 0.255 e. The van der Waals surface area contributed by atoms with E-state index in [1.54, 1.807) is 42.7 Å². The third-order valence-electron chi connectivity index (χ3n) is 3.24. The second-order valence-corrected chi connectivity index (χ2v) is 6.85. The average Bonchev–Trinajstić information content (AvgIpc) is 2.97. The van der Waals surface area contributed by atoms with Gasteiger partial charge in [0, 0.05) is 39.1 Å². The van der Waals surface area contributed by atoms with Crippen molar-refractivity contribution in [2.24, 2.45) is 0 Å². The van der Waals surface area contributed by atoms with Crippen LogP contribution < -0.4 is 5.32 Å². The molecule has 0 aliphatic carbocycles. The molecule has 118 valence electrons. The molecule has 1 heterocycles. The number of benzene rings is 2. The SMILES string of the molecule is CS(=O)Cc1cc(NC(=O)c2ccc3n[nH]nc3c2)ccc1Cl. The van der Waals surface area contributed by atoms with Crippen LogP contribution in [-0.2, 0) is 16.6 Å². The molecule has 3 rings (SSSR count). The monoisotopic (exact) mass is 348 g/mol. The lowest BCUT2D eigenvalue weighted by Gasteiger charge is -2.08. The van der Waals surface area contributed by atoms with Gasteiger partial charge in [-0.25, -0.2) is 0 Å². The molecule has 1 amide bonds. The Morgan fingerprint density at radius 2 is 2.00 bits per heavy atom. The minimum Gasteiger partial charge on any atom is -0.322 e. The lowest BCUT2D eigenvalue weighted by atomic mass is 10.1. The zero-order chi connectivity index (χ0) is 16.4. The Kier molecular flexibility index (Phi) is 4.40. The number of hydrogen-bond donors (Lipinski definition) is 2. The first-order valence-corrected chi connectivity index (χ1v) is 8.84. The molecule has 6 nitrogen and oxygen atoms in total. The summed E-state index contributed by atoms with van der Waals surface area (Å²) < 4.78 is 11.4. The summed E-state index contributed by atoms with van der Waals surface area (Å²) >= 11 is 6.08. The number of amides is 1. The van der Waals surface area contributed by atoms with E-state index in [0.29, 0.717) is 33.1 Å². The zero-order valence-electron chi connectivity index (χ0n) is 12.2. The van der Waals surface area contributed by atoms with E-state index in [9.17, 15) is 9.00 Å². The summed E-state index contributed by atoms with van der Waals surface area (Å²) in [6, 6.07) is 10.2. The van der Waals surface area contributed by atoms with Gasteiger partial charge in [-0.2, -0.15) is 15.4 Å². The summed E-state index contributed by atoms with van der Waals surface area (Å²) in [6.07, 6.45) is 1.61. The average molecular weight is 349 g/mol. The normalized spacial score (nSPS) is 12.3. The Hall–Kier alpha value is -2.25. The first kappa shape index (κ1) is 15.6. The van der Waals surface area contributed by atoms with Crippen molar-refractivity contribution in [1.82, 2.24) is 15.4 Å². The standard InChI is InChI=1S/C15H13ClN4O2S/c1-23(22)8-10-6-11(3-4-12(10)16)17-15(21)9-2-5-13-14(7-9)19-20-18-13/h2-7H,8H2,1H3,(H,17,21)(H,18,19,20). The fraction of sp³-hybridized carbons (Fsp3) is 0.133. The quantitative estimate of drug-likeness (QED) is 0.758. The van der Waals surface area contributed by atoms with Gasteiger partial charge in [-0.15, -0.1) is 0 Å². The van der Waals surface area contributed by atoms with E-state index in [-0.39, 0.29) is 5.91 Å². The van der Waals surface area contributed by atoms with Crippen molar-refractivity contribution >= 4 is 45.0 Å². The third-order valence-corrected chi connectivity index (χ3v) is 4.33. The predicted molar refractivity (Wildman–Crippen MR) is 91.1 cm³/mol. The number of carbonyl (C=O) groups is 1. The van der Waals surface area contributed by atoms with Gasteiger partial charge in [0.2, 0.25) is 0 Å². The minimum absolute atomic E-state index is 0.263. The third kappa shape index (κ3) is 3.57. The molecule has 1 aromatic heterocycles. The first-order chi connectivity index (χ1) is 11.0. The molecule has 0 fully saturated rings. The number of nitrogens with one attached hydrogen (secondary N) is 2. The molecule has 1 atom stereocenters. The van der Waals surface area contributed by atoms with E-state index < -0.39 is 10.8 Å². The summed E-state index contributed by atoms with van der Waals surface area (Å²) in [5.74, 6) is 0.0776. The van der Waals surface area contributed by atoms with Crippen molar-refractivity contribution in [3.05, 3.63) is 52.5 Å². The number of carbonyl (C=O) groups excluding carboxylic acids is 1. The Balaban J connectivity index is 1.83. The van der Waals surface area contributed by atoms with E-state index in [1.807, 2.05) is 0 Å². The fourth-order valence-electron chi connectivity index (χ4n) is 2.17. The number of halogens is 1. The number of rotatable bonds is 4. The summed E-state index contributed by atoms with van der Waals surface area (Å²) in [6.45, 7) is 0. The largest absolute Gasteiger partial charge is 0.322 e. The molecule has 1 unspecified atom stereocenters. The maximum atomic E-state index is 12.3. The number of fused-ring (bicyclic) bond motifs is 1. The molecule has 0 aliphatic rings. The van der Waals surface area contributed by atoms with E-state index in [4.69, 9.17) is 11.6 Å². The van der Waals surface area contributed by atoms with Gasteiger partial charge in [0.25, 0.3) is 5.91 Å². The fourth-order valence-corrected chi connectivity index (χ4v) is 3.11. The van der Waals surface area contributed by atoms with E-state index in [1.165, 1.54) is 0 Å². The highest BCUT2D eigenvalue weighted by atomic mass is 35.5. The van der Waals surface area contributed by atoms with Gasteiger partial charge in [0.1, 0.15) is 11.0 Å². The van der Waals surface area contributed by atoms with Crippen LogP contribution in [0.2, 0.25) is 5.02 Å². The van der Waals surface area contributed by atoms with Crippen LogP contribution >= 0.6 is 11.6 Å². The number of H-pyrrole nitrogens is 1. The second kappa shape index (κ2) is 6.47. The van der Waals surface area contributed by atoms with Crippen LogP contribution in [0.4, 0.5) is 5.69 Å². The topological polar surface area (TPSA) is 87.7 Å². The predicted octanol–water partition coefficient (Wildman–Crippen LogP) is 2.74. The number of nitrogens with zero attached hydrogens (tertiary/aromatic N) is 2. The van der Waals surface area contributed by atoms with Crippen molar-refractivity contribution in [2.75, 3.05) is 11.6 Å². The van der Waals surface area contributed by atoms with Crippen molar-refractivity contribution in [3.63, 3.8) is 0 Å². The Bertz CT molecular complexity index is 909. The van der Waals surface area contributed by atoms with Crippen molar-refractivity contribution in [1.29, 1.82) is 0 Å². The smallest absolute Gasteiger partial charge is 0.255 e. The van der Waals surface area contributed by atoms with Crippen LogP contribution in [0.1, 0.15) is 15.9 Å². The van der Waals surface area contributed by atoms with Crippen molar-refractivity contribution < 1.29 is 9.00 Å². The van der Waals surface area contributed by atoms with Gasteiger partial charge >= 0.3 is 0 Å². The number of aromatic amines is 1. The van der Waals surface area contributed by atoms with Gasteiger partial charge in [-0.1, -0.05) is 11.6 Å². The molecule has 23 heavy (non-hydrogen) atoms. The van der Waals surface area contributed by atoms with E-state index >= 15 is 0 Å². The molecule has 0 saturated carbocycles. The summed E-state index contributed by atoms with van der Waals surface area (Å²) in [5.41, 5.74) is 3.12. The van der Waals surface area contributed by atoms with Crippen molar-refractivity contribution in [2.45, 2.75) is 5.75 Å². The van der Waals surface area contributed by atoms with Crippen LogP contribution in [0.3, 0.4) is 0 Å². The summed E-state index contributed by atoms with van der Waals surface area (Å²) in [4.78, 5) is 12.3. The molecule has 0 aliphatic heterocycles. The van der Waals surface area contributed by atoms with Crippen LogP contribution in [0.25, 0.3) is 11.0 Å². The van der Waals surface area contributed by atoms with E-state index in [0.717, 1.165) is 5.56 Å². The number of anilines is 1. The van der Waals surface area contributed by atoms with Gasteiger partial charge in [-0.05, 0) is 42.0 Å². The van der Waals surface area contributed by atoms with Crippen LogP contribution in [0, 0.1) is 0 Å². The van der Waals surface area contributed by atoms with Gasteiger partial charge in [0.05, 0.1) is 0 Å². The highest BCUT2D eigenvalue weighted by molar-refractivity contribution is 7.83. The Morgan fingerprint density at radius 1 is 1.22 bits per heavy atom. The van der Waals surface area contributed by atoms with Crippen LogP contribution in [0.5, 0.6) is 0 Å². The molecule has 0 bridgehead atoms. The van der Waals surface area contributed by atoms with Crippen LogP contribution in [0.15, 0.2) is 36.4 Å². The molecular formula is C15H13ClN4O2S. The Labute approximate surface area is 139 Å². The second-order valence-electron chi connectivity index (χ2n) is 5.00. The zero-order valence-corrected chi connectivity index (χ0v) is 13.7. The lowest BCUT2D eigenvalue weighted by molar-refractivity contribution is 0.102. The van der Waals surface area contributed by atoms with E-state index in [2.05, 4.69) is 20.7 Å². The molecule has 0 radical (unpaired) electrons. The molecule has 0 saturated heterocycles. The molecule has 3 aromatic rings. The molecular weight excluding hydrogens is 336 g/mol. The lowest BCUT2D eigenvalue weighted by Crippen LogP contribution is -2.12. The minimum atomic E-state index is -1.01. The van der Waals surface area contributed by atoms with Crippen molar-refractivity contribution in [3.8, 4) is 0 Å². The summed E-state index contributed by atoms with van der Waals surface area (Å²) in [5, 5.41) is 13.7. The Morgan fingerprint density at radius 3 is 2.78 bits per heavy atom. The van der Waals surface area contributed by atoms with Gasteiger partial charge in [0.15, 0.2) is 0 Å². The molecule has 2 N–H and O–H groups in total. The number of aromatic nitrogens is 3. The summed E-state index contributed by atoms with van der Waals surface area (Å²) in [7, 11) is -1.01. The highest BCUT2D eigenvalue weighted by Crippen LogP contribution is 2.22. The first-order valence-electron chi connectivity index (χ1n) is 6.73. The van der Waals surface area contributed by atoms with Gasteiger partial charge in [-0.3, -0.25) is 9.00 Å². The number of hydrogen-bond acceptors (Lipinski definition) is 4. The molecule has 8 heteroatoms. The molecule has 2 aromatic carbocycles.